The average molecular weight is 522 g/mol. The number of aromatic nitrogens is 3. The summed E-state index contributed by atoms with van der Waals surface area (Å²) in [6, 6.07) is 9.92. The van der Waals surface area contributed by atoms with Crippen LogP contribution in [0.3, 0.4) is 0 Å². The SMILES string of the molecule is C=CC1C[N+](Cc2cc(OCC)nc(OCC)n2)(C[C@H](O)c2ccnc3ccc(OC)cc23)CCC1CC. The van der Waals surface area contributed by atoms with Gasteiger partial charge in [-0.3, -0.25) is 4.98 Å². The Balaban J connectivity index is 1.72. The van der Waals surface area contributed by atoms with Crippen molar-refractivity contribution >= 4 is 10.9 Å². The van der Waals surface area contributed by atoms with Crippen LogP contribution >= 0.6 is 0 Å². The van der Waals surface area contributed by atoms with E-state index in [1.807, 2.05) is 44.2 Å². The van der Waals surface area contributed by atoms with E-state index in [2.05, 4.69) is 29.5 Å². The Morgan fingerprint density at radius 1 is 1.13 bits per heavy atom. The quantitative estimate of drug-likeness (QED) is 0.262. The highest BCUT2D eigenvalue weighted by Crippen LogP contribution is 2.36. The Hall–Kier alpha value is -3.23. The highest BCUT2D eigenvalue weighted by molar-refractivity contribution is 5.83. The molecule has 1 N–H and O–H groups in total. The zero-order chi connectivity index (χ0) is 27.1. The van der Waals surface area contributed by atoms with Gasteiger partial charge in [0.25, 0.3) is 0 Å². The van der Waals surface area contributed by atoms with E-state index in [1.165, 1.54) is 0 Å². The van der Waals surface area contributed by atoms with Crippen molar-refractivity contribution in [1.82, 2.24) is 15.0 Å². The number of quaternary nitrogens is 1. The topological polar surface area (TPSA) is 86.6 Å². The zero-order valence-corrected chi connectivity index (χ0v) is 23.1. The van der Waals surface area contributed by atoms with Crippen molar-refractivity contribution < 1.29 is 23.8 Å². The lowest BCUT2D eigenvalue weighted by molar-refractivity contribution is -0.952. The summed E-state index contributed by atoms with van der Waals surface area (Å²) in [5, 5.41) is 12.6. The van der Waals surface area contributed by atoms with Crippen molar-refractivity contribution in [2.24, 2.45) is 11.8 Å². The molecule has 1 saturated heterocycles. The number of likely N-dealkylation sites (tertiary alicyclic amines) is 1. The normalized spacial score (nSPS) is 22.1. The number of aliphatic hydroxyl groups is 1. The van der Waals surface area contributed by atoms with Gasteiger partial charge in [-0.1, -0.05) is 19.4 Å². The smallest absolute Gasteiger partial charge is 0.320 e. The first-order valence-electron chi connectivity index (χ1n) is 13.7. The lowest BCUT2D eigenvalue weighted by Gasteiger charge is -2.47. The molecule has 1 aliphatic rings. The average Bonchev–Trinajstić information content (AvgIpc) is 2.92. The van der Waals surface area contributed by atoms with E-state index in [0.717, 1.165) is 53.8 Å². The zero-order valence-electron chi connectivity index (χ0n) is 23.1. The van der Waals surface area contributed by atoms with E-state index in [-0.39, 0.29) is 0 Å². The monoisotopic (exact) mass is 521 g/mol. The molecule has 204 valence electrons. The van der Waals surface area contributed by atoms with Crippen LogP contribution < -0.4 is 14.2 Å². The number of piperidine rings is 1. The molecule has 0 bridgehead atoms. The number of aliphatic hydroxyl groups excluding tert-OH is 1. The minimum atomic E-state index is -0.698. The third-order valence-corrected chi connectivity index (χ3v) is 7.70. The van der Waals surface area contributed by atoms with Crippen LogP contribution in [0.15, 0.2) is 49.2 Å². The highest BCUT2D eigenvalue weighted by atomic mass is 16.5. The van der Waals surface area contributed by atoms with Crippen LogP contribution in [-0.2, 0) is 6.54 Å². The number of hydrogen-bond acceptors (Lipinski definition) is 7. The first kappa shape index (κ1) is 27.8. The van der Waals surface area contributed by atoms with E-state index in [9.17, 15) is 5.11 Å². The fourth-order valence-corrected chi connectivity index (χ4v) is 5.81. The Morgan fingerprint density at radius 2 is 1.95 bits per heavy atom. The Labute approximate surface area is 225 Å². The Morgan fingerprint density at radius 3 is 2.66 bits per heavy atom. The molecule has 3 aromatic rings. The number of rotatable bonds is 12. The van der Waals surface area contributed by atoms with E-state index < -0.39 is 6.10 Å². The van der Waals surface area contributed by atoms with Gasteiger partial charge in [0.2, 0.25) is 5.88 Å². The number of fused-ring (bicyclic) bond motifs is 1. The molecule has 4 rings (SSSR count). The standard InChI is InChI=1S/C30H41N4O4/c1-6-21-13-15-34(18-22(21)7-2,19-23-16-29(37-8-3)33-30(32-23)38-9-4)20-28(35)25-12-14-31-27-11-10-24(36-5)17-26(25)27/h7,10-12,14,16-17,21-22,28,35H,2,6,8-9,13,15,18-20H2,1,3-5H3/q+1/t21?,22?,28-,34?/m0/s1. The fourth-order valence-electron chi connectivity index (χ4n) is 5.81. The molecule has 38 heavy (non-hydrogen) atoms. The van der Waals surface area contributed by atoms with Gasteiger partial charge in [-0.15, -0.1) is 6.58 Å². The van der Waals surface area contributed by atoms with Crippen molar-refractivity contribution in [3.05, 3.63) is 60.4 Å². The van der Waals surface area contributed by atoms with Crippen LogP contribution in [-0.4, -0.2) is 64.5 Å². The maximum Gasteiger partial charge on any atom is 0.320 e. The van der Waals surface area contributed by atoms with Crippen LogP contribution in [0.4, 0.5) is 0 Å². The molecule has 1 fully saturated rings. The number of ether oxygens (including phenoxy) is 3. The number of pyridine rings is 1. The van der Waals surface area contributed by atoms with E-state index in [0.29, 0.717) is 54.5 Å². The molecule has 4 atom stereocenters. The highest BCUT2D eigenvalue weighted by Gasteiger charge is 2.41. The largest absolute Gasteiger partial charge is 0.497 e. The summed E-state index contributed by atoms with van der Waals surface area (Å²) in [4.78, 5) is 13.6. The van der Waals surface area contributed by atoms with Gasteiger partial charge in [-0.25, -0.2) is 0 Å². The molecule has 0 spiro atoms. The summed E-state index contributed by atoms with van der Waals surface area (Å²) in [5.74, 6) is 2.20. The van der Waals surface area contributed by atoms with E-state index in [1.54, 1.807) is 13.3 Å². The molecule has 0 saturated carbocycles. The molecule has 3 heterocycles. The van der Waals surface area contributed by atoms with Crippen LogP contribution in [0.5, 0.6) is 17.6 Å². The number of methoxy groups -OCH3 is 1. The van der Waals surface area contributed by atoms with Gasteiger partial charge in [0.05, 0.1) is 38.9 Å². The molecule has 0 aliphatic carbocycles. The van der Waals surface area contributed by atoms with Crippen molar-refractivity contribution in [1.29, 1.82) is 0 Å². The second-order valence-electron chi connectivity index (χ2n) is 10.1. The van der Waals surface area contributed by atoms with Crippen LogP contribution in [0.25, 0.3) is 10.9 Å². The number of hydrogen-bond donors (Lipinski definition) is 1. The van der Waals surface area contributed by atoms with Gasteiger partial charge in [0.15, 0.2) is 0 Å². The minimum absolute atomic E-state index is 0.322. The van der Waals surface area contributed by atoms with Crippen LogP contribution in [0.2, 0.25) is 0 Å². The van der Waals surface area contributed by atoms with Gasteiger partial charge in [0.1, 0.15) is 30.6 Å². The summed E-state index contributed by atoms with van der Waals surface area (Å²) in [6.07, 6.45) is 5.34. The molecule has 8 nitrogen and oxygen atoms in total. The summed E-state index contributed by atoms with van der Waals surface area (Å²) in [7, 11) is 1.65. The van der Waals surface area contributed by atoms with Gasteiger partial charge in [-0.2, -0.15) is 9.97 Å². The Bertz CT molecular complexity index is 1210. The van der Waals surface area contributed by atoms with Crippen molar-refractivity contribution in [3.8, 4) is 17.6 Å². The van der Waals surface area contributed by atoms with Crippen molar-refractivity contribution in [2.45, 2.75) is 46.3 Å². The van der Waals surface area contributed by atoms with Crippen molar-refractivity contribution in [2.75, 3.05) is 40.0 Å². The van der Waals surface area contributed by atoms with Gasteiger partial charge >= 0.3 is 6.01 Å². The molecule has 2 aromatic heterocycles. The molecule has 1 aliphatic heterocycles. The third-order valence-electron chi connectivity index (χ3n) is 7.70. The lowest BCUT2D eigenvalue weighted by Crippen LogP contribution is -2.57. The van der Waals surface area contributed by atoms with Crippen LogP contribution in [0, 0.1) is 11.8 Å². The number of nitrogens with zero attached hydrogens (tertiary/aromatic N) is 4. The summed E-state index contributed by atoms with van der Waals surface area (Å²) in [6.45, 7) is 14.2. The Kier molecular flexibility index (Phi) is 9.17. The summed E-state index contributed by atoms with van der Waals surface area (Å²) in [5.41, 5.74) is 2.53. The molecule has 0 radical (unpaired) electrons. The predicted octanol–water partition coefficient (Wildman–Crippen LogP) is 5.11. The predicted molar refractivity (Wildman–Crippen MR) is 148 cm³/mol. The second kappa shape index (κ2) is 12.5. The summed E-state index contributed by atoms with van der Waals surface area (Å²) < 4.78 is 17.5. The molecule has 8 heteroatoms. The molecular weight excluding hydrogens is 480 g/mol. The third kappa shape index (κ3) is 6.25. The molecular formula is C30H41N4O4+. The van der Waals surface area contributed by atoms with Crippen LogP contribution in [0.1, 0.15) is 51.0 Å². The van der Waals surface area contributed by atoms with Crippen molar-refractivity contribution in [3.63, 3.8) is 0 Å². The maximum absolute atomic E-state index is 11.7. The van der Waals surface area contributed by atoms with Gasteiger partial charge < -0.3 is 23.8 Å². The lowest BCUT2D eigenvalue weighted by atomic mass is 9.82. The molecule has 0 amide bonds. The molecule has 1 aromatic carbocycles. The van der Waals surface area contributed by atoms with Gasteiger partial charge in [0, 0.05) is 30.0 Å². The number of benzene rings is 1. The second-order valence-corrected chi connectivity index (χ2v) is 10.1. The molecule has 3 unspecified atom stereocenters. The van der Waals surface area contributed by atoms with E-state index >= 15 is 0 Å². The summed E-state index contributed by atoms with van der Waals surface area (Å²) >= 11 is 0. The van der Waals surface area contributed by atoms with E-state index in [4.69, 9.17) is 19.2 Å². The fraction of sp³-hybridized carbons (Fsp3) is 0.500. The van der Waals surface area contributed by atoms with Gasteiger partial charge in [-0.05, 0) is 49.6 Å². The minimum Gasteiger partial charge on any atom is -0.497 e. The first-order valence-corrected chi connectivity index (χ1v) is 13.7. The first-order chi connectivity index (χ1) is 18.4. The maximum atomic E-state index is 11.7.